The van der Waals surface area contributed by atoms with Gasteiger partial charge in [0.05, 0.1) is 0 Å². The molecule has 10 heteroatoms. The summed E-state index contributed by atoms with van der Waals surface area (Å²) in [5.74, 6) is -0.00383. The molecule has 3 rings (SSSR count). The van der Waals surface area contributed by atoms with Gasteiger partial charge in [-0.1, -0.05) is 32.9 Å². The third-order valence-electron chi connectivity index (χ3n) is 5.62. The first-order valence-corrected chi connectivity index (χ1v) is 11.9. The summed E-state index contributed by atoms with van der Waals surface area (Å²) in [5, 5.41) is 3.17. The van der Waals surface area contributed by atoms with E-state index in [1.807, 2.05) is 13.8 Å². The lowest BCUT2D eigenvalue weighted by Gasteiger charge is -2.22. The number of carbonyl (C=O) groups is 2. The fourth-order valence-corrected chi connectivity index (χ4v) is 4.02. The van der Waals surface area contributed by atoms with Crippen molar-refractivity contribution in [3.8, 4) is 5.75 Å². The number of ketones is 1. The zero-order valence-electron chi connectivity index (χ0n) is 20.6. The van der Waals surface area contributed by atoms with Crippen molar-refractivity contribution in [1.82, 2.24) is 4.98 Å². The Morgan fingerprint density at radius 2 is 2.00 bits per heavy atom. The number of cyclic esters (lactones) is 2. The van der Waals surface area contributed by atoms with Gasteiger partial charge in [-0.25, -0.2) is 9.78 Å². The first-order valence-electron chi connectivity index (χ1n) is 11.9. The second-order valence-electron chi connectivity index (χ2n) is 8.69. The van der Waals surface area contributed by atoms with Crippen molar-refractivity contribution in [1.29, 1.82) is 0 Å². The third kappa shape index (κ3) is 8.09. The highest BCUT2D eigenvalue weighted by Gasteiger charge is 2.32. The third-order valence-corrected chi connectivity index (χ3v) is 5.62. The molecule has 0 radical (unpaired) electrons. The van der Waals surface area contributed by atoms with E-state index in [1.165, 1.54) is 30.3 Å². The Kier molecular flexibility index (Phi) is 9.32. The Balaban J connectivity index is 2.01. The van der Waals surface area contributed by atoms with Gasteiger partial charge in [0.1, 0.15) is 18.2 Å². The maximum atomic E-state index is 12.5. The molecule has 37 heavy (non-hydrogen) atoms. The Labute approximate surface area is 213 Å². The Morgan fingerprint density at radius 1 is 1.27 bits per heavy atom. The zero-order valence-corrected chi connectivity index (χ0v) is 20.6. The Morgan fingerprint density at radius 3 is 2.59 bits per heavy atom. The predicted octanol–water partition coefficient (Wildman–Crippen LogP) is 7.29. The van der Waals surface area contributed by atoms with Gasteiger partial charge in [0.15, 0.2) is 11.9 Å². The molecular formula is C27H29F3N2O5. The number of benzene rings is 1. The molecule has 2 unspecified atom stereocenters. The van der Waals surface area contributed by atoms with E-state index in [2.05, 4.69) is 27.7 Å². The quantitative estimate of drug-likeness (QED) is 0.233. The van der Waals surface area contributed by atoms with Gasteiger partial charge < -0.3 is 19.5 Å². The SMILES string of the molecule is C=CC(=O)CC(C)C/C(=C/CCC)c1c(C2COC(=O)O2)ccnc1Nc1ccc(OC(F)(F)F)cc1. The number of nitrogens with zero attached hydrogens (tertiary/aromatic N) is 1. The van der Waals surface area contributed by atoms with Gasteiger partial charge in [0.25, 0.3) is 0 Å². The number of rotatable bonds is 12. The number of pyridine rings is 1. The van der Waals surface area contributed by atoms with Gasteiger partial charge in [-0.2, -0.15) is 0 Å². The van der Waals surface area contributed by atoms with Gasteiger partial charge in [0.2, 0.25) is 0 Å². The number of alkyl halides is 3. The van der Waals surface area contributed by atoms with Gasteiger partial charge in [-0.15, -0.1) is 13.2 Å². The van der Waals surface area contributed by atoms with Gasteiger partial charge in [-0.05, 0) is 60.7 Å². The number of hydrogen-bond acceptors (Lipinski definition) is 7. The fraction of sp³-hybridized carbons (Fsp3) is 0.370. The Hall–Kier alpha value is -3.82. The largest absolute Gasteiger partial charge is 0.573 e. The van der Waals surface area contributed by atoms with Crippen LogP contribution in [0.1, 0.15) is 56.8 Å². The normalized spacial score (nSPS) is 16.5. The predicted molar refractivity (Wildman–Crippen MR) is 132 cm³/mol. The topological polar surface area (TPSA) is 86.8 Å². The summed E-state index contributed by atoms with van der Waals surface area (Å²) in [6.45, 7) is 7.58. The number of allylic oxidation sites excluding steroid dienone is 3. The summed E-state index contributed by atoms with van der Waals surface area (Å²) in [7, 11) is 0. The monoisotopic (exact) mass is 518 g/mol. The highest BCUT2D eigenvalue weighted by molar-refractivity contribution is 5.89. The lowest BCUT2D eigenvalue weighted by Crippen LogP contribution is -2.17. The van der Waals surface area contributed by atoms with Crippen LogP contribution in [-0.4, -0.2) is 29.9 Å². The number of nitrogens with one attached hydrogen (secondary N) is 1. The van der Waals surface area contributed by atoms with E-state index in [0.29, 0.717) is 35.5 Å². The highest BCUT2D eigenvalue weighted by Crippen LogP contribution is 2.39. The molecule has 0 aliphatic carbocycles. The summed E-state index contributed by atoms with van der Waals surface area (Å²) in [5.41, 5.74) is 2.74. The van der Waals surface area contributed by atoms with Crippen LogP contribution in [0.25, 0.3) is 5.57 Å². The molecule has 198 valence electrons. The summed E-state index contributed by atoms with van der Waals surface area (Å²) in [4.78, 5) is 28.2. The molecule has 0 bridgehead atoms. The van der Waals surface area contributed by atoms with E-state index in [1.54, 1.807) is 12.3 Å². The van der Waals surface area contributed by atoms with Crippen LogP contribution in [-0.2, 0) is 14.3 Å². The second kappa shape index (κ2) is 12.4. The van der Waals surface area contributed by atoms with Crippen LogP contribution in [0.3, 0.4) is 0 Å². The number of aromatic nitrogens is 1. The highest BCUT2D eigenvalue weighted by atomic mass is 19.4. The van der Waals surface area contributed by atoms with Crippen LogP contribution in [0.5, 0.6) is 5.75 Å². The van der Waals surface area contributed by atoms with Gasteiger partial charge >= 0.3 is 12.5 Å². The molecule has 2 aromatic rings. The number of halogens is 3. The summed E-state index contributed by atoms with van der Waals surface area (Å²) in [6.07, 6.45) is 1.18. The molecule has 1 aliphatic heterocycles. The van der Waals surface area contributed by atoms with Crippen LogP contribution in [0.15, 0.2) is 55.3 Å². The summed E-state index contributed by atoms with van der Waals surface area (Å²) in [6, 6.07) is 7.02. The van der Waals surface area contributed by atoms with Crippen LogP contribution < -0.4 is 10.1 Å². The van der Waals surface area contributed by atoms with Crippen molar-refractivity contribution in [3.63, 3.8) is 0 Å². The number of hydrogen-bond donors (Lipinski definition) is 1. The van der Waals surface area contributed by atoms with E-state index in [9.17, 15) is 22.8 Å². The molecule has 1 aliphatic rings. The molecule has 1 N–H and O–H groups in total. The maximum absolute atomic E-state index is 12.5. The molecule has 0 saturated carbocycles. The second-order valence-corrected chi connectivity index (χ2v) is 8.69. The number of unbranched alkanes of at least 4 members (excludes halogenated alkanes) is 1. The van der Waals surface area contributed by atoms with Crippen LogP contribution in [0.2, 0.25) is 0 Å². The van der Waals surface area contributed by atoms with E-state index in [-0.39, 0.29) is 24.1 Å². The lowest BCUT2D eigenvalue weighted by atomic mass is 9.88. The average Bonchev–Trinajstić information content (AvgIpc) is 3.28. The van der Waals surface area contributed by atoms with Crippen molar-refractivity contribution in [2.45, 2.75) is 52.0 Å². The van der Waals surface area contributed by atoms with E-state index >= 15 is 0 Å². The smallest absolute Gasteiger partial charge is 0.430 e. The summed E-state index contributed by atoms with van der Waals surface area (Å²) >= 11 is 0. The van der Waals surface area contributed by atoms with Crippen LogP contribution in [0.4, 0.5) is 29.5 Å². The van der Waals surface area contributed by atoms with E-state index in [0.717, 1.165) is 18.4 Å². The standard InChI is InChI=1S/C27H29F3N2O5/c1-4-6-7-18(14-17(3)15-20(33)5-2)24-22(23-16-35-26(34)36-23)12-13-31-25(24)32-19-8-10-21(11-9-19)37-27(28,29)30/h5,7-13,17,23H,2,4,6,14-16H2,1,3H3,(H,31,32)/b18-7-. The maximum Gasteiger partial charge on any atom is 0.573 e. The lowest BCUT2D eigenvalue weighted by molar-refractivity contribution is -0.274. The minimum absolute atomic E-state index is 0.0179. The van der Waals surface area contributed by atoms with Crippen LogP contribution in [0, 0.1) is 5.92 Å². The molecule has 0 amide bonds. The summed E-state index contributed by atoms with van der Waals surface area (Å²) < 4.78 is 51.9. The van der Waals surface area contributed by atoms with E-state index in [4.69, 9.17) is 9.47 Å². The number of ether oxygens (including phenoxy) is 3. The molecule has 1 fully saturated rings. The zero-order chi connectivity index (χ0) is 27.0. The van der Waals surface area contributed by atoms with Crippen molar-refractivity contribution in [2.24, 2.45) is 5.92 Å². The molecule has 0 spiro atoms. The first kappa shape index (κ1) is 27.8. The van der Waals surface area contributed by atoms with Crippen molar-refractivity contribution in [2.75, 3.05) is 11.9 Å². The van der Waals surface area contributed by atoms with Gasteiger partial charge in [0, 0.05) is 29.4 Å². The molecule has 7 nitrogen and oxygen atoms in total. The molecule has 2 atom stereocenters. The van der Waals surface area contributed by atoms with Crippen molar-refractivity contribution < 1.29 is 37.0 Å². The van der Waals surface area contributed by atoms with Crippen molar-refractivity contribution in [3.05, 3.63) is 66.4 Å². The van der Waals surface area contributed by atoms with E-state index < -0.39 is 18.6 Å². The number of anilines is 2. The molecular weight excluding hydrogens is 489 g/mol. The number of carbonyl (C=O) groups excluding carboxylic acids is 2. The molecule has 1 saturated heterocycles. The van der Waals surface area contributed by atoms with Gasteiger partial charge in [-0.3, -0.25) is 4.79 Å². The molecule has 1 aromatic carbocycles. The average molecular weight is 519 g/mol. The minimum atomic E-state index is -4.79. The van der Waals surface area contributed by atoms with Crippen molar-refractivity contribution >= 4 is 29.0 Å². The van der Waals surface area contributed by atoms with Crippen LogP contribution >= 0.6 is 0 Å². The fourth-order valence-electron chi connectivity index (χ4n) is 4.02. The molecule has 2 heterocycles. The Bertz CT molecular complexity index is 1150. The first-order chi connectivity index (χ1) is 17.6. The molecule has 1 aromatic heterocycles. The minimum Gasteiger partial charge on any atom is -0.430 e.